The summed E-state index contributed by atoms with van der Waals surface area (Å²) < 4.78 is 7.62. The first-order valence-corrected chi connectivity index (χ1v) is 9.23. The Kier molecular flexibility index (Phi) is 4.13. The smallest absolute Gasteiger partial charge is 0.410 e. The molecule has 136 valence electrons. The molecular weight excluding hydrogens is 322 g/mol. The maximum atomic E-state index is 13.0. The lowest BCUT2D eigenvalue weighted by molar-refractivity contribution is 0.0437. The van der Waals surface area contributed by atoms with Crippen LogP contribution in [0.5, 0.6) is 0 Å². The van der Waals surface area contributed by atoms with E-state index in [4.69, 9.17) is 4.74 Å². The zero-order chi connectivity index (χ0) is 17.4. The summed E-state index contributed by atoms with van der Waals surface area (Å²) >= 11 is 0. The van der Waals surface area contributed by atoms with Gasteiger partial charge < -0.3 is 19.1 Å². The quantitative estimate of drug-likeness (QED) is 0.768. The maximum Gasteiger partial charge on any atom is 0.410 e. The minimum atomic E-state index is -0.442. The number of carbonyl (C=O) groups is 2. The van der Waals surface area contributed by atoms with Crippen molar-refractivity contribution in [2.75, 3.05) is 26.7 Å². The molecule has 8 nitrogen and oxygen atoms in total. The molecule has 1 unspecified atom stereocenters. The van der Waals surface area contributed by atoms with E-state index >= 15 is 0 Å². The summed E-state index contributed by atoms with van der Waals surface area (Å²) in [7, 11) is 1.76. The molecule has 1 spiro atoms. The summed E-state index contributed by atoms with van der Waals surface area (Å²) in [5, 5.41) is 8.42. The van der Waals surface area contributed by atoms with E-state index in [0.717, 1.165) is 44.5 Å². The van der Waals surface area contributed by atoms with Gasteiger partial charge in [0.05, 0.1) is 6.54 Å². The van der Waals surface area contributed by atoms with Crippen molar-refractivity contribution >= 4 is 12.0 Å². The van der Waals surface area contributed by atoms with E-state index in [2.05, 4.69) is 10.2 Å². The highest BCUT2D eigenvalue weighted by Gasteiger charge is 2.45. The third kappa shape index (κ3) is 2.98. The zero-order valence-electron chi connectivity index (χ0n) is 14.7. The van der Waals surface area contributed by atoms with Crippen molar-refractivity contribution in [3.05, 3.63) is 11.6 Å². The van der Waals surface area contributed by atoms with Crippen LogP contribution in [0.25, 0.3) is 0 Å². The standard InChI is InChI=1S/C17H25N5O3/c1-20-12-17(25-16(20)24)7-5-9-21(11-8-17)15(23)14-19-18-13-6-3-2-4-10-22(13)14/h2-12H2,1H3. The monoisotopic (exact) mass is 347 g/mol. The number of amides is 2. The molecule has 0 aromatic carbocycles. The fraction of sp³-hybridized carbons (Fsp3) is 0.765. The summed E-state index contributed by atoms with van der Waals surface area (Å²) in [6, 6.07) is 0. The fourth-order valence-corrected chi connectivity index (χ4v) is 4.21. The van der Waals surface area contributed by atoms with E-state index in [9.17, 15) is 9.59 Å². The lowest BCUT2D eigenvalue weighted by Gasteiger charge is -2.25. The third-order valence-electron chi connectivity index (χ3n) is 5.63. The van der Waals surface area contributed by atoms with Crippen molar-refractivity contribution in [3.63, 3.8) is 0 Å². The predicted octanol–water partition coefficient (Wildman–Crippen LogP) is 1.45. The molecule has 0 bridgehead atoms. The lowest BCUT2D eigenvalue weighted by Crippen LogP contribution is -2.37. The molecule has 0 aliphatic carbocycles. The van der Waals surface area contributed by atoms with Gasteiger partial charge in [0.2, 0.25) is 5.82 Å². The normalized spacial score (nSPS) is 27.0. The Hall–Kier alpha value is -2.12. The number of likely N-dealkylation sites (N-methyl/N-ethyl adjacent to an activating group) is 1. The summed E-state index contributed by atoms with van der Waals surface area (Å²) in [6.45, 7) is 2.68. The van der Waals surface area contributed by atoms with Gasteiger partial charge in [-0.05, 0) is 25.7 Å². The van der Waals surface area contributed by atoms with Gasteiger partial charge in [-0.1, -0.05) is 6.42 Å². The summed E-state index contributed by atoms with van der Waals surface area (Å²) in [4.78, 5) is 28.2. The molecule has 3 aliphatic heterocycles. The molecule has 2 saturated heterocycles. The minimum Gasteiger partial charge on any atom is -0.441 e. The second kappa shape index (κ2) is 6.31. The van der Waals surface area contributed by atoms with Crippen LogP contribution in [-0.4, -0.2) is 68.8 Å². The van der Waals surface area contributed by atoms with Gasteiger partial charge >= 0.3 is 6.09 Å². The zero-order valence-corrected chi connectivity index (χ0v) is 14.7. The number of nitrogens with zero attached hydrogens (tertiary/aromatic N) is 5. The molecule has 0 N–H and O–H groups in total. The van der Waals surface area contributed by atoms with Gasteiger partial charge in [0.15, 0.2) is 0 Å². The number of hydrogen-bond donors (Lipinski definition) is 0. The van der Waals surface area contributed by atoms with Crippen molar-refractivity contribution < 1.29 is 14.3 Å². The first-order valence-electron chi connectivity index (χ1n) is 9.23. The number of ether oxygens (including phenoxy) is 1. The van der Waals surface area contributed by atoms with Crippen LogP contribution in [0.1, 0.15) is 55.0 Å². The number of carbonyl (C=O) groups excluding carboxylic acids is 2. The molecular formula is C17H25N5O3. The van der Waals surface area contributed by atoms with Crippen LogP contribution in [0.2, 0.25) is 0 Å². The van der Waals surface area contributed by atoms with E-state index in [1.54, 1.807) is 11.9 Å². The van der Waals surface area contributed by atoms with Crippen LogP contribution >= 0.6 is 0 Å². The van der Waals surface area contributed by atoms with E-state index in [-0.39, 0.29) is 12.0 Å². The lowest BCUT2D eigenvalue weighted by atomic mass is 9.95. The van der Waals surface area contributed by atoms with Gasteiger partial charge in [0, 0.05) is 39.5 Å². The molecule has 1 atom stereocenters. The molecule has 25 heavy (non-hydrogen) atoms. The molecule has 2 amide bonds. The van der Waals surface area contributed by atoms with Crippen LogP contribution < -0.4 is 0 Å². The Labute approximate surface area is 147 Å². The average molecular weight is 347 g/mol. The maximum absolute atomic E-state index is 13.0. The Balaban J connectivity index is 1.49. The van der Waals surface area contributed by atoms with Gasteiger partial charge in [-0.25, -0.2) is 4.79 Å². The highest BCUT2D eigenvalue weighted by Crippen LogP contribution is 2.32. The van der Waals surface area contributed by atoms with Gasteiger partial charge in [0.25, 0.3) is 5.91 Å². The molecule has 3 aliphatic rings. The van der Waals surface area contributed by atoms with E-state index in [1.807, 2.05) is 9.47 Å². The van der Waals surface area contributed by atoms with Crippen LogP contribution in [-0.2, 0) is 17.7 Å². The number of rotatable bonds is 1. The van der Waals surface area contributed by atoms with Crippen molar-refractivity contribution in [2.24, 2.45) is 0 Å². The van der Waals surface area contributed by atoms with Gasteiger partial charge in [-0.15, -0.1) is 10.2 Å². The Bertz CT molecular complexity index is 688. The summed E-state index contributed by atoms with van der Waals surface area (Å²) in [5.41, 5.74) is -0.442. The second-order valence-electron chi connectivity index (χ2n) is 7.45. The highest BCUT2D eigenvalue weighted by molar-refractivity contribution is 5.90. The van der Waals surface area contributed by atoms with Crippen LogP contribution in [0, 0.1) is 0 Å². The highest BCUT2D eigenvalue weighted by atomic mass is 16.6. The van der Waals surface area contributed by atoms with E-state index < -0.39 is 5.60 Å². The van der Waals surface area contributed by atoms with Crippen molar-refractivity contribution in [1.29, 1.82) is 0 Å². The molecule has 4 heterocycles. The average Bonchev–Trinajstić information content (AvgIpc) is 2.91. The third-order valence-corrected chi connectivity index (χ3v) is 5.63. The van der Waals surface area contributed by atoms with Crippen molar-refractivity contribution in [3.8, 4) is 0 Å². The second-order valence-corrected chi connectivity index (χ2v) is 7.45. The number of hydrogen-bond acceptors (Lipinski definition) is 5. The van der Waals surface area contributed by atoms with E-state index in [1.165, 1.54) is 6.42 Å². The number of likely N-dealkylation sites (tertiary alicyclic amines) is 1. The number of fused-ring (bicyclic) bond motifs is 1. The molecule has 0 saturated carbocycles. The first kappa shape index (κ1) is 16.4. The van der Waals surface area contributed by atoms with Crippen LogP contribution in [0.3, 0.4) is 0 Å². The molecule has 8 heteroatoms. The van der Waals surface area contributed by atoms with Crippen LogP contribution in [0.15, 0.2) is 0 Å². The predicted molar refractivity (Wildman–Crippen MR) is 89.2 cm³/mol. The fourth-order valence-electron chi connectivity index (χ4n) is 4.21. The topological polar surface area (TPSA) is 80.6 Å². The van der Waals surface area contributed by atoms with Crippen LogP contribution in [0.4, 0.5) is 4.79 Å². The number of aromatic nitrogens is 3. The molecule has 4 rings (SSSR count). The van der Waals surface area contributed by atoms with Crippen molar-refractivity contribution in [2.45, 2.75) is 57.1 Å². The first-order chi connectivity index (χ1) is 12.1. The Morgan fingerprint density at radius 2 is 1.96 bits per heavy atom. The van der Waals surface area contributed by atoms with Gasteiger partial charge in [-0.3, -0.25) is 4.79 Å². The number of aryl methyl sites for hydroxylation is 1. The van der Waals surface area contributed by atoms with Crippen molar-refractivity contribution in [1.82, 2.24) is 24.6 Å². The van der Waals surface area contributed by atoms with Gasteiger partial charge in [0.1, 0.15) is 11.4 Å². The van der Waals surface area contributed by atoms with E-state index in [0.29, 0.717) is 31.9 Å². The largest absolute Gasteiger partial charge is 0.441 e. The van der Waals surface area contributed by atoms with Gasteiger partial charge in [-0.2, -0.15) is 0 Å². The summed E-state index contributed by atoms with van der Waals surface area (Å²) in [5.74, 6) is 1.35. The molecule has 2 fully saturated rings. The molecule has 1 aromatic heterocycles. The SMILES string of the molecule is CN1CC2(CCCN(C(=O)c3nnc4n3CCCCC4)CC2)OC1=O. The molecule has 1 aromatic rings. The Morgan fingerprint density at radius 3 is 2.76 bits per heavy atom. The minimum absolute atomic E-state index is 0.0459. The Morgan fingerprint density at radius 1 is 1.08 bits per heavy atom. The summed E-state index contributed by atoms with van der Waals surface area (Å²) in [6.07, 6.45) is 6.28. The molecule has 0 radical (unpaired) electrons.